The Morgan fingerprint density at radius 3 is 2.11 bits per heavy atom. The number of carbonyl (C=O) groups excluding carboxylic acids is 2. The molecule has 236 valence electrons. The lowest BCUT2D eigenvalue weighted by Gasteiger charge is -2.30. The Labute approximate surface area is 253 Å². The molecule has 1 aromatic carbocycles. The fourth-order valence-corrected chi connectivity index (χ4v) is 5.15. The van der Waals surface area contributed by atoms with Crippen LogP contribution in [-0.4, -0.2) is 46.2 Å². The summed E-state index contributed by atoms with van der Waals surface area (Å²) in [6.45, 7) is 14.4. The molecule has 1 atom stereocenters. The molecule has 0 radical (unpaired) electrons. The number of pyridine rings is 1. The van der Waals surface area contributed by atoms with Crippen molar-refractivity contribution < 1.29 is 41.7 Å². The van der Waals surface area contributed by atoms with Crippen LogP contribution in [0.4, 0.5) is 28.6 Å². The van der Waals surface area contributed by atoms with E-state index in [9.17, 15) is 28.0 Å². The lowest BCUT2D eigenvalue weighted by Crippen LogP contribution is -2.45. The maximum atomic E-state index is 14.7. The minimum Gasteiger partial charge on any atom is -0.496 e. The van der Waals surface area contributed by atoms with Gasteiger partial charge in [-0.15, -0.1) is 0 Å². The van der Waals surface area contributed by atoms with Gasteiger partial charge in [-0.1, -0.05) is 6.07 Å². The summed E-state index contributed by atoms with van der Waals surface area (Å²) in [6, 6.07) is 5.17. The average molecular weight is 617 g/mol. The number of aryl methyl sites for hydroxylation is 1. The molecule has 3 heterocycles. The normalized spacial score (nSPS) is 15.0. The first-order chi connectivity index (χ1) is 20.2. The number of carbonyl (C=O) groups is 2. The summed E-state index contributed by atoms with van der Waals surface area (Å²) in [7, 11) is 1.43. The van der Waals surface area contributed by atoms with Gasteiger partial charge in [-0.25, -0.2) is 14.6 Å². The van der Waals surface area contributed by atoms with Crippen molar-refractivity contribution in [3.63, 3.8) is 0 Å². The molecule has 1 aliphatic rings. The number of ether oxygens (including phenoxy) is 4. The first-order valence-electron chi connectivity index (χ1n) is 13.9. The quantitative estimate of drug-likeness (QED) is 0.296. The monoisotopic (exact) mass is 616 g/mol. The summed E-state index contributed by atoms with van der Waals surface area (Å²) in [5.74, 6) is -0.151. The molecule has 1 unspecified atom stereocenters. The second kappa shape index (κ2) is 10.9. The number of alkyl halides is 3. The lowest BCUT2D eigenvalue weighted by atomic mass is 10.1. The number of nitriles is 1. The smallest absolute Gasteiger partial charge is 0.434 e. The SMILES string of the molecule is COc1ccc(C)c(-n2c(N(C(=O)OC(C)(C)C)C(=O)OC(C)(C)C)c(C#N)c3c(C(F)(F)F)nc4c(c32)OC(C)C4)c1C. The van der Waals surface area contributed by atoms with E-state index in [4.69, 9.17) is 18.9 Å². The number of hydrogen-bond donors (Lipinski definition) is 0. The van der Waals surface area contributed by atoms with Crippen molar-refractivity contribution in [1.82, 2.24) is 9.55 Å². The number of amides is 2. The van der Waals surface area contributed by atoms with Gasteiger partial charge in [0, 0.05) is 12.0 Å². The van der Waals surface area contributed by atoms with Gasteiger partial charge in [0.15, 0.2) is 17.3 Å². The van der Waals surface area contributed by atoms with Gasteiger partial charge >= 0.3 is 18.4 Å². The van der Waals surface area contributed by atoms with E-state index >= 15 is 0 Å². The van der Waals surface area contributed by atoms with Gasteiger partial charge in [0.25, 0.3) is 0 Å². The Morgan fingerprint density at radius 1 is 1.07 bits per heavy atom. The molecular weight excluding hydrogens is 581 g/mol. The summed E-state index contributed by atoms with van der Waals surface area (Å²) in [5, 5.41) is 9.89. The fraction of sp³-hybridized carbons (Fsp3) is 0.484. The largest absolute Gasteiger partial charge is 0.496 e. The zero-order valence-electron chi connectivity index (χ0n) is 26.3. The molecule has 2 aromatic heterocycles. The van der Waals surface area contributed by atoms with Crippen LogP contribution in [0.25, 0.3) is 16.6 Å². The van der Waals surface area contributed by atoms with Crippen LogP contribution in [0.5, 0.6) is 11.5 Å². The first-order valence-corrected chi connectivity index (χ1v) is 13.9. The van der Waals surface area contributed by atoms with Crippen LogP contribution in [0.15, 0.2) is 12.1 Å². The van der Waals surface area contributed by atoms with Crippen LogP contribution in [0.2, 0.25) is 0 Å². The summed E-state index contributed by atoms with van der Waals surface area (Å²) in [6.07, 6.45) is -8.03. The Hall–Kier alpha value is -4.47. The van der Waals surface area contributed by atoms with Gasteiger partial charge in [-0.05, 0) is 73.9 Å². The number of methoxy groups -OCH3 is 1. The van der Waals surface area contributed by atoms with Crippen LogP contribution in [0.3, 0.4) is 0 Å². The van der Waals surface area contributed by atoms with Crippen molar-refractivity contribution in [2.24, 2.45) is 0 Å². The highest BCUT2D eigenvalue weighted by Crippen LogP contribution is 2.49. The van der Waals surface area contributed by atoms with Crippen molar-refractivity contribution >= 4 is 28.9 Å². The molecule has 0 saturated carbocycles. The highest BCUT2D eigenvalue weighted by atomic mass is 19.4. The third-order valence-corrected chi connectivity index (χ3v) is 6.68. The Morgan fingerprint density at radius 2 is 1.64 bits per heavy atom. The molecule has 0 fully saturated rings. The van der Waals surface area contributed by atoms with Crippen molar-refractivity contribution in [3.8, 4) is 23.3 Å². The van der Waals surface area contributed by atoms with Crippen LogP contribution in [0, 0.1) is 25.2 Å². The third-order valence-electron chi connectivity index (χ3n) is 6.68. The summed E-state index contributed by atoms with van der Waals surface area (Å²) >= 11 is 0. The Kier molecular flexibility index (Phi) is 8.04. The zero-order valence-corrected chi connectivity index (χ0v) is 26.3. The standard InChI is InChI=1S/C31H35F3N4O6/c1-15-11-12-20(41-10)17(3)22(15)37-23-21(25(31(32,33)34)36-19-13-16(2)42-24(19)23)18(14-35)26(37)38(27(39)43-29(4,5)6)28(40)44-30(7,8)9/h11-12,16H,13H2,1-10H3. The van der Waals surface area contributed by atoms with Crippen molar-refractivity contribution in [2.75, 3.05) is 12.0 Å². The van der Waals surface area contributed by atoms with Crippen molar-refractivity contribution in [2.45, 2.75) is 92.2 Å². The molecular formula is C31H35F3N4O6. The van der Waals surface area contributed by atoms with Crippen molar-refractivity contribution in [1.29, 1.82) is 5.26 Å². The van der Waals surface area contributed by atoms with E-state index in [2.05, 4.69) is 4.98 Å². The van der Waals surface area contributed by atoms with Gasteiger partial charge in [0.2, 0.25) is 0 Å². The van der Waals surface area contributed by atoms with Gasteiger partial charge < -0.3 is 18.9 Å². The highest BCUT2D eigenvalue weighted by Gasteiger charge is 2.45. The number of anilines is 1. The van der Waals surface area contributed by atoms with E-state index in [-0.39, 0.29) is 29.1 Å². The van der Waals surface area contributed by atoms with E-state index < -0.39 is 58.1 Å². The molecule has 0 bridgehead atoms. The van der Waals surface area contributed by atoms with Crippen LogP contribution in [-0.2, 0) is 22.1 Å². The van der Waals surface area contributed by atoms with Gasteiger partial charge in [-0.3, -0.25) is 4.57 Å². The van der Waals surface area contributed by atoms with Gasteiger partial charge in [0.1, 0.15) is 40.2 Å². The van der Waals surface area contributed by atoms with E-state index in [0.29, 0.717) is 21.8 Å². The average Bonchev–Trinajstić information content (AvgIpc) is 3.38. The van der Waals surface area contributed by atoms with Crippen LogP contribution >= 0.6 is 0 Å². The molecule has 0 N–H and O–H groups in total. The molecule has 1 aliphatic heterocycles. The predicted molar refractivity (Wildman–Crippen MR) is 156 cm³/mol. The zero-order chi connectivity index (χ0) is 33.1. The van der Waals surface area contributed by atoms with E-state index in [1.54, 1.807) is 74.4 Å². The second-order valence-electron chi connectivity index (χ2n) is 12.6. The maximum Gasteiger partial charge on any atom is 0.434 e. The number of aromatic nitrogens is 2. The van der Waals surface area contributed by atoms with E-state index in [1.807, 2.05) is 6.07 Å². The molecule has 0 aliphatic carbocycles. The minimum atomic E-state index is -5.02. The summed E-state index contributed by atoms with van der Waals surface area (Å²) in [4.78, 5) is 32.1. The van der Waals surface area contributed by atoms with Gasteiger partial charge in [0.05, 0.1) is 23.9 Å². The number of hydrogen-bond acceptors (Lipinski definition) is 8. The van der Waals surface area contributed by atoms with Crippen LogP contribution in [0.1, 0.15) is 76.5 Å². The highest BCUT2D eigenvalue weighted by molar-refractivity contribution is 6.14. The fourth-order valence-electron chi connectivity index (χ4n) is 5.15. The summed E-state index contributed by atoms with van der Waals surface area (Å²) < 4.78 is 68.1. The first kappa shape index (κ1) is 32.4. The molecule has 13 heteroatoms. The molecule has 4 rings (SSSR count). The topological polar surface area (TPSA) is 116 Å². The van der Waals surface area contributed by atoms with Gasteiger partial charge in [-0.2, -0.15) is 23.3 Å². The number of nitrogens with zero attached hydrogens (tertiary/aromatic N) is 4. The third kappa shape index (κ3) is 5.85. The molecule has 0 saturated heterocycles. The summed E-state index contributed by atoms with van der Waals surface area (Å²) in [5.41, 5.74) is -3.20. The second-order valence-corrected chi connectivity index (χ2v) is 12.6. The number of fused-ring (bicyclic) bond motifs is 3. The molecule has 0 spiro atoms. The van der Waals surface area contributed by atoms with E-state index in [1.165, 1.54) is 11.7 Å². The van der Waals surface area contributed by atoms with Crippen molar-refractivity contribution in [3.05, 3.63) is 40.2 Å². The number of imide groups is 1. The Bertz CT molecular complexity index is 1680. The molecule has 44 heavy (non-hydrogen) atoms. The Balaban J connectivity index is 2.33. The number of benzene rings is 1. The van der Waals surface area contributed by atoms with Crippen LogP contribution < -0.4 is 14.4 Å². The van der Waals surface area contributed by atoms with E-state index in [0.717, 1.165) is 0 Å². The molecule has 3 aromatic rings. The molecule has 2 amide bonds. The molecule has 10 nitrogen and oxygen atoms in total. The maximum absolute atomic E-state index is 14.7. The lowest BCUT2D eigenvalue weighted by molar-refractivity contribution is -0.139. The minimum absolute atomic E-state index is 0.00167. The number of rotatable bonds is 3. The predicted octanol–water partition coefficient (Wildman–Crippen LogP) is 7.54. The number of halogens is 3.